The van der Waals surface area contributed by atoms with Crippen molar-refractivity contribution in [2.45, 2.75) is 24.2 Å². The number of benzene rings is 1. The highest BCUT2D eigenvalue weighted by Crippen LogP contribution is 2.26. The Kier molecular flexibility index (Phi) is 4.15. The molecule has 1 atom stereocenters. The minimum absolute atomic E-state index is 0.266. The van der Waals surface area contributed by atoms with Gasteiger partial charge in [-0.3, -0.25) is 4.79 Å². The summed E-state index contributed by atoms with van der Waals surface area (Å²) < 4.78 is 13.6. The predicted octanol–water partition coefficient (Wildman–Crippen LogP) is 3.13. The van der Waals surface area contributed by atoms with Crippen LogP contribution in [0.5, 0.6) is 0 Å². The van der Waals surface area contributed by atoms with Gasteiger partial charge >= 0.3 is 5.97 Å². The van der Waals surface area contributed by atoms with Gasteiger partial charge in [-0.1, -0.05) is 13.0 Å². The Labute approximate surface area is 92.5 Å². The Morgan fingerprint density at radius 3 is 2.67 bits per heavy atom. The summed E-state index contributed by atoms with van der Waals surface area (Å²) in [6.45, 7) is 1.74. The molecule has 0 saturated heterocycles. The van der Waals surface area contributed by atoms with E-state index in [1.54, 1.807) is 19.1 Å². The van der Waals surface area contributed by atoms with Gasteiger partial charge in [-0.2, -0.15) is 0 Å². The topological polar surface area (TPSA) is 37.3 Å². The lowest BCUT2D eigenvalue weighted by molar-refractivity contribution is -0.138. The smallest absolute Gasteiger partial charge is 0.311 e. The first kappa shape index (κ1) is 12.0. The zero-order chi connectivity index (χ0) is 11.4. The van der Waals surface area contributed by atoms with Crippen molar-refractivity contribution < 1.29 is 14.3 Å². The van der Waals surface area contributed by atoms with Crippen LogP contribution in [0.3, 0.4) is 0 Å². The first-order valence-electron chi connectivity index (χ1n) is 4.66. The van der Waals surface area contributed by atoms with E-state index in [0.29, 0.717) is 6.42 Å². The SMILES string of the molecule is CCC(C(=O)O)c1ccc(SC)cc1F. The molecule has 4 heteroatoms. The molecule has 0 fully saturated rings. The van der Waals surface area contributed by atoms with Crippen molar-refractivity contribution in [1.29, 1.82) is 0 Å². The summed E-state index contributed by atoms with van der Waals surface area (Å²) in [4.78, 5) is 11.7. The molecule has 0 bridgehead atoms. The molecule has 0 heterocycles. The summed E-state index contributed by atoms with van der Waals surface area (Å²) in [6.07, 6.45) is 2.24. The number of aliphatic carboxylic acids is 1. The van der Waals surface area contributed by atoms with Gasteiger partial charge in [0.05, 0.1) is 5.92 Å². The van der Waals surface area contributed by atoms with Crippen molar-refractivity contribution >= 4 is 17.7 Å². The van der Waals surface area contributed by atoms with Crippen LogP contribution in [-0.4, -0.2) is 17.3 Å². The van der Waals surface area contributed by atoms with Gasteiger partial charge in [0.15, 0.2) is 0 Å². The number of carboxylic acid groups (broad SMARTS) is 1. The first-order chi connectivity index (χ1) is 7.10. The predicted molar refractivity (Wildman–Crippen MR) is 58.8 cm³/mol. The highest BCUT2D eigenvalue weighted by Gasteiger charge is 2.20. The van der Waals surface area contributed by atoms with Crippen LogP contribution in [0.25, 0.3) is 0 Å². The van der Waals surface area contributed by atoms with Crippen LogP contribution in [0, 0.1) is 5.82 Å². The van der Waals surface area contributed by atoms with Crippen LogP contribution in [0.1, 0.15) is 24.8 Å². The molecule has 1 aromatic rings. The number of thioether (sulfide) groups is 1. The van der Waals surface area contributed by atoms with Crippen LogP contribution in [0.4, 0.5) is 4.39 Å². The summed E-state index contributed by atoms with van der Waals surface area (Å²) >= 11 is 1.43. The standard InChI is InChI=1S/C11H13FO2S/c1-3-8(11(13)14)9-5-4-7(15-2)6-10(9)12/h4-6,8H,3H2,1-2H3,(H,13,14). The Hall–Kier alpha value is -1.03. The fourth-order valence-electron chi connectivity index (χ4n) is 1.44. The molecule has 0 spiro atoms. The fraction of sp³-hybridized carbons (Fsp3) is 0.364. The number of hydrogen-bond donors (Lipinski definition) is 1. The molecule has 82 valence electrons. The molecule has 0 amide bonds. The Balaban J connectivity index is 3.08. The molecule has 1 aromatic carbocycles. The number of carbonyl (C=O) groups is 1. The van der Waals surface area contributed by atoms with E-state index in [1.165, 1.54) is 17.8 Å². The summed E-state index contributed by atoms with van der Waals surface area (Å²) in [6, 6.07) is 4.68. The molecule has 15 heavy (non-hydrogen) atoms. The third-order valence-corrected chi connectivity index (χ3v) is 3.01. The van der Waals surface area contributed by atoms with Crippen LogP contribution in [0.15, 0.2) is 23.1 Å². The molecule has 1 rings (SSSR count). The number of carboxylic acids is 1. The molecule has 0 aliphatic carbocycles. The molecule has 0 radical (unpaired) electrons. The van der Waals surface area contributed by atoms with Gasteiger partial charge < -0.3 is 5.11 Å². The van der Waals surface area contributed by atoms with Crippen molar-refractivity contribution in [3.63, 3.8) is 0 Å². The van der Waals surface area contributed by atoms with Gasteiger partial charge in [0, 0.05) is 10.5 Å². The highest BCUT2D eigenvalue weighted by molar-refractivity contribution is 7.98. The quantitative estimate of drug-likeness (QED) is 0.804. The normalized spacial score (nSPS) is 12.5. The van der Waals surface area contributed by atoms with Gasteiger partial charge in [-0.05, 0) is 24.8 Å². The first-order valence-corrected chi connectivity index (χ1v) is 5.88. The van der Waals surface area contributed by atoms with E-state index in [-0.39, 0.29) is 5.56 Å². The fourth-order valence-corrected chi connectivity index (χ4v) is 1.87. The number of hydrogen-bond acceptors (Lipinski definition) is 2. The zero-order valence-corrected chi connectivity index (χ0v) is 9.47. The largest absolute Gasteiger partial charge is 0.481 e. The molecule has 0 aromatic heterocycles. The lowest BCUT2D eigenvalue weighted by atomic mass is 9.96. The van der Waals surface area contributed by atoms with Crippen molar-refractivity contribution in [2.24, 2.45) is 0 Å². The Morgan fingerprint density at radius 2 is 2.27 bits per heavy atom. The lowest BCUT2D eigenvalue weighted by Gasteiger charge is -2.11. The minimum atomic E-state index is -0.978. The van der Waals surface area contributed by atoms with Crippen molar-refractivity contribution in [1.82, 2.24) is 0 Å². The third-order valence-electron chi connectivity index (χ3n) is 2.29. The summed E-state index contributed by atoms with van der Waals surface area (Å²) in [5.41, 5.74) is 0.266. The van der Waals surface area contributed by atoms with Gasteiger partial charge in [0.25, 0.3) is 0 Å². The molecule has 0 aliphatic rings. The van der Waals surface area contributed by atoms with E-state index >= 15 is 0 Å². The van der Waals surface area contributed by atoms with E-state index in [1.807, 2.05) is 6.26 Å². The monoisotopic (exact) mass is 228 g/mol. The third kappa shape index (κ3) is 2.72. The van der Waals surface area contributed by atoms with Crippen LogP contribution in [0.2, 0.25) is 0 Å². The van der Waals surface area contributed by atoms with Crippen molar-refractivity contribution in [2.75, 3.05) is 6.26 Å². The second-order valence-corrected chi connectivity index (χ2v) is 4.07. The summed E-state index contributed by atoms with van der Waals surface area (Å²) in [7, 11) is 0. The number of halogens is 1. The Bertz CT molecular complexity index is 366. The van der Waals surface area contributed by atoms with Crippen molar-refractivity contribution in [3.8, 4) is 0 Å². The van der Waals surface area contributed by atoms with E-state index in [2.05, 4.69) is 0 Å². The Morgan fingerprint density at radius 1 is 1.60 bits per heavy atom. The number of rotatable bonds is 4. The second-order valence-electron chi connectivity index (χ2n) is 3.19. The van der Waals surface area contributed by atoms with E-state index < -0.39 is 17.7 Å². The van der Waals surface area contributed by atoms with Crippen LogP contribution < -0.4 is 0 Å². The maximum atomic E-state index is 13.6. The molecule has 0 aliphatic heterocycles. The summed E-state index contributed by atoms with van der Waals surface area (Å²) in [5.74, 6) is -2.16. The van der Waals surface area contributed by atoms with Gasteiger partial charge in [-0.15, -0.1) is 11.8 Å². The molecular formula is C11H13FO2S. The molecule has 2 nitrogen and oxygen atoms in total. The highest BCUT2D eigenvalue weighted by atomic mass is 32.2. The zero-order valence-electron chi connectivity index (χ0n) is 8.66. The molecule has 1 N–H and O–H groups in total. The molecular weight excluding hydrogens is 215 g/mol. The van der Waals surface area contributed by atoms with Crippen LogP contribution in [-0.2, 0) is 4.79 Å². The average Bonchev–Trinajstić information content (AvgIpc) is 2.20. The minimum Gasteiger partial charge on any atom is -0.481 e. The maximum Gasteiger partial charge on any atom is 0.311 e. The van der Waals surface area contributed by atoms with Crippen LogP contribution >= 0.6 is 11.8 Å². The van der Waals surface area contributed by atoms with Gasteiger partial charge in [0.1, 0.15) is 5.82 Å². The average molecular weight is 228 g/mol. The van der Waals surface area contributed by atoms with E-state index in [4.69, 9.17) is 5.11 Å². The summed E-state index contributed by atoms with van der Waals surface area (Å²) in [5, 5.41) is 8.91. The van der Waals surface area contributed by atoms with Crippen molar-refractivity contribution in [3.05, 3.63) is 29.6 Å². The maximum absolute atomic E-state index is 13.6. The molecule has 1 unspecified atom stereocenters. The molecule has 0 saturated carbocycles. The van der Waals surface area contributed by atoms with Gasteiger partial charge in [0.2, 0.25) is 0 Å². The van der Waals surface area contributed by atoms with Gasteiger partial charge in [-0.25, -0.2) is 4.39 Å². The second kappa shape index (κ2) is 5.16. The van der Waals surface area contributed by atoms with E-state index in [0.717, 1.165) is 4.90 Å². The lowest BCUT2D eigenvalue weighted by Crippen LogP contribution is -2.12. The van der Waals surface area contributed by atoms with E-state index in [9.17, 15) is 9.18 Å².